The molecule has 1 aromatic heterocycles. The number of nitrogens with zero attached hydrogens (tertiary/aromatic N) is 2. The summed E-state index contributed by atoms with van der Waals surface area (Å²) >= 11 is 0. The molecule has 0 spiro atoms. The molecule has 0 saturated heterocycles. The number of aryl methyl sites for hydroxylation is 1. The summed E-state index contributed by atoms with van der Waals surface area (Å²) in [7, 11) is 0. The van der Waals surface area contributed by atoms with E-state index in [2.05, 4.69) is 17.0 Å². The van der Waals surface area contributed by atoms with Gasteiger partial charge in [0.05, 0.1) is 11.3 Å². The van der Waals surface area contributed by atoms with E-state index < -0.39 is 28.8 Å². The summed E-state index contributed by atoms with van der Waals surface area (Å²) in [5.41, 5.74) is -1.46. The Morgan fingerprint density at radius 2 is 2.08 bits per heavy atom. The van der Waals surface area contributed by atoms with Crippen LogP contribution >= 0.6 is 0 Å². The first-order chi connectivity index (χ1) is 11.2. The predicted octanol–water partition coefficient (Wildman–Crippen LogP) is 2.48. The van der Waals surface area contributed by atoms with Crippen LogP contribution in [-0.4, -0.2) is 22.2 Å². The van der Waals surface area contributed by atoms with Gasteiger partial charge in [-0.05, 0) is 25.1 Å². The lowest BCUT2D eigenvalue weighted by Crippen LogP contribution is -2.32. The quantitative estimate of drug-likeness (QED) is 0.872. The average molecular weight is 337 g/mol. The van der Waals surface area contributed by atoms with Gasteiger partial charge in [-0.3, -0.25) is 9.59 Å². The minimum Gasteiger partial charge on any atom is -0.347 e. The molecule has 8 heteroatoms. The molecule has 1 N–H and O–H groups in total. The molecule has 1 amide bonds. The molecule has 126 valence electrons. The highest BCUT2D eigenvalue weighted by atomic mass is 19.4. The van der Waals surface area contributed by atoms with E-state index in [-0.39, 0.29) is 12.2 Å². The molecular weight excluding hydrogens is 323 g/mol. The largest absolute Gasteiger partial charge is 0.416 e. The van der Waals surface area contributed by atoms with Crippen molar-refractivity contribution < 1.29 is 18.0 Å². The van der Waals surface area contributed by atoms with E-state index >= 15 is 0 Å². The van der Waals surface area contributed by atoms with Crippen molar-refractivity contribution in [3.05, 3.63) is 70.2 Å². The van der Waals surface area contributed by atoms with Crippen molar-refractivity contribution in [2.45, 2.75) is 13.1 Å². The van der Waals surface area contributed by atoms with Crippen molar-refractivity contribution in [3.63, 3.8) is 0 Å². The van der Waals surface area contributed by atoms with Gasteiger partial charge in [-0.1, -0.05) is 12.1 Å². The maximum atomic E-state index is 12.8. The molecule has 5 nitrogen and oxygen atoms in total. The summed E-state index contributed by atoms with van der Waals surface area (Å²) in [5, 5.41) is 6.32. The van der Waals surface area contributed by atoms with Gasteiger partial charge in [0.25, 0.3) is 5.91 Å². The Labute approximate surface area is 135 Å². The number of carbonyl (C=O) groups excluding carboxylic acids is 1. The first-order valence-corrected chi connectivity index (χ1v) is 6.91. The number of halogens is 3. The van der Waals surface area contributed by atoms with E-state index in [1.54, 1.807) is 0 Å². The Bertz CT molecular complexity index is 841. The highest BCUT2D eigenvalue weighted by Crippen LogP contribution is 2.30. The molecule has 2 rings (SSSR count). The van der Waals surface area contributed by atoms with E-state index in [0.29, 0.717) is 5.69 Å². The molecular formula is C16H14F3N3O2. The fourth-order valence-corrected chi connectivity index (χ4v) is 2.03. The fourth-order valence-electron chi connectivity index (χ4n) is 2.03. The van der Waals surface area contributed by atoms with Crippen molar-refractivity contribution >= 4 is 5.91 Å². The van der Waals surface area contributed by atoms with Crippen LogP contribution in [0.5, 0.6) is 0 Å². The maximum Gasteiger partial charge on any atom is 0.416 e. The number of alkyl halides is 3. The molecule has 1 heterocycles. The van der Waals surface area contributed by atoms with Crippen LogP contribution in [0.2, 0.25) is 0 Å². The first-order valence-electron chi connectivity index (χ1n) is 6.91. The van der Waals surface area contributed by atoms with Crippen LogP contribution in [0.3, 0.4) is 0 Å². The zero-order valence-corrected chi connectivity index (χ0v) is 12.7. The lowest BCUT2D eigenvalue weighted by Gasteiger charge is -2.13. The average Bonchev–Trinajstić information content (AvgIpc) is 2.52. The number of amides is 1. The van der Waals surface area contributed by atoms with Crippen molar-refractivity contribution in [2.24, 2.45) is 0 Å². The zero-order valence-electron chi connectivity index (χ0n) is 12.7. The maximum absolute atomic E-state index is 12.8. The molecule has 0 unspecified atom stereocenters. The third-order valence-electron chi connectivity index (χ3n) is 3.15. The number of hydrogen-bond acceptors (Lipinski definition) is 3. The second kappa shape index (κ2) is 6.69. The van der Waals surface area contributed by atoms with E-state index in [1.807, 2.05) is 0 Å². The second-order valence-corrected chi connectivity index (χ2v) is 4.96. The van der Waals surface area contributed by atoms with Crippen LogP contribution in [0.15, 0.2) is 47.8 Å². The highest BCUT2D eigenvalue weighted by Gasteiger charge is 2.30. The van der Waals surface area contributed by atoms with E-state index in [9.17, 15) is 22.8 Å². The molecule has 0 atom stereocenters. The minimum absolute atomic E-state index is 0.0973. The van der Waals surface area contributed by atoms with Crippen LogP contribution in [0, 0.1) is 6.92 Å². The topological polar surface area (TPSA) is 64.0 Å². The molecule has 0 aliphatic rings. The van der Waals surface area contributed by atoms with Gasteiger partial charge < -0.3 is 5.32 Å². The Morgan fingerprint density at radius 1 is 1.38 bits per heavy atom. The van der Waals surface area contributed by atoms with E-state index in [1.165, 1.54) is 25.1 Å². The highest BCUT2D eigenvalue weighted by molar-refractivity contribution is 5.92. The molecule has 0 fully saturated rings. The van der Waals surface area contributed by atoms with Crippen molar-refractivity contribution in [3.8, 4) is 5.69 Å². The van der Waals surface area contributed by atoms with Crippen molar-refractivity contribution in [1.82, 2.24) is 15.1 Å². The van der Waals surface area contributed by atoms with Crippen LogP contribution in [0.1, 0.15) is 21.7 Å². The van der Waals surface area contributed by atoms with E-state index in [0.717, 1.165) is 22.9 Å². The lowest BCUT2D eigenvalue weighted by atomic mass is 10.2. The summed E-state index contributed by atoms with van der Waals surface area (Å²) in [6.07, 6.45) is -3.08. The summed E-state index contributed by atoms with van der Waals surface area (Å²) in [5.74, 6) is -0.722. The van der Waals surface area contributed by atoms with Crippen LogP contribution in [-0.2, 0) is 6.18 Å². The molecule has 0 bridgehead atoms. The lowest BCUT2D eigenvalue weighted by molar-refractivity contribution is -0.137. The smallest absolute Gasteiger partial charge is 0.347 e. The number of rotatable bonds is 4. The number of carbonyl (C=O) groups is 1. The predicted molar refractivity (Wildman–Crippen MR) is 82.1 cm³/mol. The number of aromatic nitrogens is 2. The number of nitrogens with one attached hydrogen (secondary N) is 1. The van der Waals surface area contributed by atoms with Crippen LogP contribution in [0.4, 0.5) is 13.2 Å². The van der Waals surface area contributed by atoms with Gasteiger partial charge in [0, 0.05) is 18.3 Å². The molecule has 0 aliphatic heterocycles. The Kier molecular flexibility index (Phi) is 4.87. The van der Waals surface area contributed by atoms with Gasteiger partial charge in [-0.2, -0.15) is 18.3 Å². The molecule has 2 aromatic rings. The van der Waals surface area contributed by atoms with Crippen LogP contribution in [0.25, 0.3) is 5.69 Å². The third kappa shape index (κ3) is 3.70. The third-order valence-corrected chi connectivity index (χ3v) is 3.15. The monoisotopic (exact) mass is 337 g/mol. The molecule has 1 aromatic carbocycles. The van der Waals surface area contributed by atoms with Gasteiger partial charge in [-0.25, -0.2) is 4.68 Å². The van der Waals surface area contributed by atoms with Gasteiger partial charge in [-0.15, -0.1) is 6.58 Å². The van der Waals surface area contributed by atoms with Gasteiger partial charge >= 0.3 is 6.18 Å². The number of hydrogen-bond donors (Lipinski definition) is 1. The normalized spacial score (nSPS) is 11.2. The fraction of sp³-hybridized carbons (Fsp3) is 0.188. The van der Waals surface area contributed by atoms with Gasteiger partial charge in [0.1, 0.15) is 0 Å². The SMILES string of the molecule is C=CCNC(=O)c1nn(-c2cccc(C(F)(F)F)c2)c(C)cc1=O. The van der Waals surface area contributed by atoms with Crippen molar-refractivity contribution in [2.75, 3.05) is 6.54 Å². The Morgan fingerprint density at radius 3 is 2.71 bits per heavy atom. The summed E-state index contributed by atoms with van der Waals surface area (Å²) in [6.45, 7) is 5.09. The minimum atomic E-state index is -4.51. The Balaban J connectivity index is 2.53. The van der Waals surface area contributed by atoms with Gasteiger partial charge in [0.2, 0.25) is 5.43 Å². The summed E-state index contributed by atoms with van der Waals surface area (Å²) in [4.78, 5) is 23.8. The standard InChI is InChI=1S/C16H14F3N3O2/c1-3-7-20-15(24)14-13(23)8-10(2)22(21-14)12-6-4-5-11(9-12)16(17,18)19/h3-6,8-9H,1,7H2,2H3,(H,20,24). The molecule has 0 radical (unpaired) electrons. The Hall–Kier alpha value is -2.90. The zero-order chi connectivity index (χ0) is 17.9. The molecule has 24 heavy (non-hydrogen) atoms. The molecule has 0 saturated carbocycles. The summed E-state index contributed by atoms with van der Waals surface area (Å²) in [6, 6.07) is 5.62. The van der Waals surface area contributed by atoms with Gasteiger partial charge in [0.15, 0.2) is 5.69 Å². The summed E-state index contributed by atoms with van der Waals surface area (Å²) < 4.78 is 39.7. The molecule has 0 aliphatic carbocycles. The number of benzene rings is 1. The second-order valence-electron chi connectivity index (χ2n) is 4.96. The van der Waals surface area contributed by atoms with Crippen molar-refractivity contribution in [1.29, 1.82) is 0 Å². The van der Waals surface area contributed by atoms with Crippen LogP contribution < -0.4 is 10.7 Å². The first kappa shape index (κ1) is 17.5. The van der Waals surface area contributed by atoms with E-state index in [4.69, 9.17) is 0 Å².